The van der Waals surface area contributed by atoms with E-state index in [1.165, 1.54) is 11.1 Å². The topological polar surface area (TPSA) is 113 Å². The van der Waals surface area contributed by atoms with Crippen LogP contribution in [0.5, 0.6) is 0 Å². The van der Waals surface area contributed by atoms with E-state index in [0.29, 0.717) is 11.8 Å². The van der Waals surface area contributed by atoms with Gasteiger partial charge in [0.1, 0.15) is 5.60 Å². The first-order chi connectivity index (χ1) is 14.9. The first kappa shape index (κ1) is 18.5. The van der Waals surface area contributed by atoms with Crippen LogP contribution in [0.4, 0.5) is 11.4 Å². The minimum Gasteiger partial charge on any atom is -0.454 e. The van der Waals surface area contributed by atoms with Gasteiger partial charge in [-0.3, -0.25) is 20.2 Å². The molecule has 8 nitrogen and oxygen atoms in total. The van der Waals surface area contributed by atoms with Crippen molar-refractivity contribution < 1.29 is 19.4 Å². The van der Waals surface area contributed by atoms with Crippen LogP contribution in [0.25, 0.3) is 0 Å². The molecule has 158 valence electrons. The zero-order valence-electron chi connectivity index (χ0n) is 16.6. The Morgan fingerprint density at radius 2 is 1.65 bits per heavy atom. The Bertz CT molecular complexity index is 1130. The molecular weight excluding hydrogens is 400 g/mol. The summed E-state index contributed by atoms with van der Waals surface area (Å²) in [5.74, 6) is 0.817. The zero-order valence-corrected chi connectivity index (χ0v) is 16.6. The van der Waals surface area contributed by atoms with Gasteiger partial charge in [0.05, 0.1) is 21.5 Å². The number of carbonyl (C=O) groups excluding carboxylic acids is 1. The molecule has 0 aromatic heterocycles. The molecule has 0 N–H and O–H groups in total. The Morgan fingerprint density at radius 3 is 2.32 bits per heavy atom. The molecule has 0 amide bonds. The van der Waals surface area contributed by atoms with Gasteiger partial charge in [-0.1, -0.05) is 24.3 Å². The van der Waals surface area contributed by atoms with Crippen molar-refractivity contribution in [3.8, 4) is 0 Å². The van der Waals surface area contributed by atoms with E-state index in [2.05, 4.69) is 18.2 Å². The average molecular weight is 420 g/mol. The van der Waals surface area contributed by atoms with Gasteiger partial charge < -0.3 is 4.74 Å². The summed E-state index contributed by atoms with van der Waals surface area (Å²) in [5, 5.41) is 22.5. The minimum atomic E-state index is -0.726. The van der Waals surface area contributed by atoms with Crippen LogP contribution in [0.1, 0.15) is 59.0 Å². The fourth-order valence-corrected chi connectivity index (χ4v) is 7.36. The van der Waals surface area contributed by atoms with Crippen LogP contribution in [0.2, 0.25) is 0 Å². The SMILES string of the molecule is O=C(O[C@]12[C@@H]3CC[C@H](C3)[C@@H]1[C@H]1C[C@H]2c2ccccc21)c1cc([N+](=O)[O-])cc([N+](=O)[O-])c1. The Labute approximate surface area is 177 Å². The lowest BCUT2D eigenvalue weighted by Crippen LogP contribution is -2.50. The van der Waals surface area contributed by atoms with Crippen molar-refractivity contribution in [1.29, 1.82) is 0 Å². The van der Waals surface area contributed by atoms with Crippen LogP contribution in [-0.2, 0) is 4.74 Å². The summed E-state index contributed by atoms with van der Waals surface area (Å²) < 4.78 is 6.32. The van der Waals surface area contributed by atoms with Gasteiger partial charge in [0.2, 0.25) is 0 Å². The summed E-state index contributed by atoms with van der Waals surface area (Å²) in [6.45, 7) is 0. The summed E-state index contributed by atoms with van der Waals surface area (Å²) in [4.78, 5) is 34.3. The van der Waals surface area contributed by atoms with Crippen LogP contribution >= 0.6 is 0 Å². The Hall–Kier alpha value is -3.29. The third kappa shape index (κ3) is 2.33. The maximum absolute atomic E-state index is 13.3. The molecule has 4 aliphatic carbocycles. The maximum atomic E-state index is 13.3. The fourth-order valence-electron chi connectivity index (χ4n) is 7.36. The van der Waals surface area contributed by atoms with Crippen molar-refractivity contribution in [1.82, 2.24) is 0 Å². The van der Waals surface area contributed by atoms with Gasteiger partial charge in [0.15, 0.2) is 0 Å². The second-order valence-corrected chi connectivity index (χ2v) is 9.31. The van der Waals surface area contributed by atoms with Crippen molar-refractivity contribution >= 4 is 17.3 Å². The summed E-state index contributed by atoms with van der Waals surface area (Å²) >= 11 is 0. The maximum Gasteiger partial charge on any atom is 0.339 e. The predicted molar refractivity (Wildman–Crippen MR) is 109 cm³/mol. The molecule has 0 heterocycles. The predicted octanol–water partition coefficient (Wildman–Crippen LogP) is 4.73. The van der Waals surface area contributed by atoms with Gasteiger partial charge in [-0.05, 0) is 48.6 Å². The largest absolute Gasteiger partial charge is 0.454 e. The van der Waals surface area contributed by atoms with Crippen molar-refractivity contribution in [2.45, 2.75) is 43.1 Å². The molecule has 0 spiro atoms. The molecular formula is C23H20N2O6. The highest BCUT2D eigenvalue weighted by atomic mass is 16.6. The van der Waals surface area contributed by atoms with E-state index >= 15 is 0 Å². The van der Waals surface area contributed by atoms with E-state index in [1.807, 2.05) is 6.07 Å². The number of carbonyl (C=O) groups is 1. The Kier molecular flexibility index (Phi) is 3.65. The van der Waals surface area contributed by atoms with Crippen molar-refractivity contribution in [2.24, 2.45) is 17.8 Å². The number of benzene rings is 2. The number of hydrogen-bond donors (Lipinski definition) is 0. The molecule has 31 heavy (non-hydrogen) atoms. The number of nitro benzene ring substituents is 2. The molecule has 8 heteroatoms. The number of rotatable bonds is 4. The molecule has 2 aromatic carbocycles. The Morgan fingerprint density at radius 1 is 0.968 bits per heavy atom. The molecule has 6 atom stereocenters. The zero-order chi connectivity index (χ0) is 21.5. The van der Waals surface area contributed by atoms with E-state index in [-0.39, 0.29) is 23.3 Å². The lowest BCUT2D eigenvalue weighted by molar-refractivity contribution is -0.394. The third-order valence-corrected chi connectivity index (χ3v) is 8.21. The third-order valence-electron chi connectivity index (χ3n) is 8.21. The van der Waals surface area contributed by atoms with E-state index in [9.17, 15) is 25.0 Å². The first-order valence-electron chi connectivity index (χ1n) is 10.7. The molecule has 0 unspecified atom stereocenters. The summed E-state index contributed by atoms with van der Waals surface area (Å²) in [6, 6.07) is 11.4. The standard InChI is InChI=1S/C23H20N2O6/c26-22(13-8-15(24(27)28)10-16(9-13)25(29)30)31-23-14-6-5-12(7-14)21(23)19-11-20(23)18-4-2-1-3-17(18)19/h1-4,8-10,12,14,19-21H,5-7,11H2/t12-,14-,19+,20+,21-,23+/m1/s1. The number of nitro groups is 2. The number of nitrogens with zero attached hydrogens (tertiary/aromatic N) is 2. The summed E-state index contributed by atoms with van der Waals surface area (Å²) in [5.41, 5.74) is 0.894. The quantitative estimate of drug-likeness (QED) is 0.306. The molecule has 4 bridgehead atoms. The minimum absolute atomic E-state index is 0.117. The van der Waals surface area contributed by atoms with Gasteiger partial charge in [-0.15, -0.1) is 0 Å². The number of hydrogen-bond acceptors (Lipinski definition) is 6. The number of esters is 1. The van der Waals surface area contributed by atoms with Crippen molar-refractivity contribution in [3.05, 3.63) is 79.4 Å². The van der Waals surface area contributed by atoms with Gasteiger partial charge in [0, 0.05) is 29.9 Å². The number of ether oxygens (including phenoxy) is 1. The van der Waals surface area contributed by atoms with E-state index in [1.54, 1.807) is 0 Å². The van der Waals surface area contributed by atoms with Crippen LogP contribution in [-0.4, -0.2) is 21.4 Å². The normalized spacial score (nSPS) is 33.7. The van der Waals surface area contributed by atoms with Crippen LogP contribution in [0.15, 0.2) is 42.5 Å². The van der Waals surface area contributed by atoms with Gasteiger partial charge in [-0.2, -0.15) is 0 Å². The fraction of sp³-hybridized carbons (Fsp3) is 0.435. The molecule has 3 fully saturated rings. The van der Waals surface area contributed by atoms with Gasteiger partial charge in [-0.25, -0.2) is 4.79 Å². The lowest BCUT2D eigenvalue weighted by atomic mass is 9.65. The molecule has 3 saturated carbocycles. The Balaban J connectivity index is 1.42. The molecule has 4 aliphatic rings. The van der Waals surface area contributed by atoms with Crippen molar-refractivity contribution in [2.75, 3.05) is 0 Å². The second kappa shape index (κ2) is 6.12. The molecule has 0 saturated heterocycles. The summed E-state index contributed by atoms with van der Waals surface area (Å²) in [7, 11) is 0. The van der Waals surface area contributed by atoms with Crippen molar-refractivity contribution in [3.63, 3.8) is 0 Å². The van der Waals surface area contributed by atoms with Crippen LogP contribution in [0, 0.1) is 38.0 Å². The highest BCUT2D eigenvalue weighted by Gasteiger charge is 2.72. The lowest BCUT2D eigenvalue weighted by Gasteiger charge is -2.46. The highest BCUT2D eigenvalue weighted by Crippen LogP contribution is 2.74. The van der Waals surface area contributed by atoms with Crippen LogP contribution in [0.3, 0.4) is 0 Å². The first-order valence-corrected chi connectivity index (χ1v) is 10.7. The average Bonchev–Trinajstić information content (AvgIpc) is 3.51. The van der Waals surface area contributed by atoms with Crippen LogP contribution < -0.4 is 0 Å². The van der Waals surface area contributed by atoms with E-state index in [4.69, 9.17) is 4.74 Å². The van der Waals surface area contributed by atoms with E-state index < -0.39 is 32.8 Å². The number of non-ortho nitro benzene ring substituents is 2. The second-order valence-electron chi connectivity index (χ2n) is 9.31. The van der Waals surface area contributed by atoms with Gasteiger partial charge in [0.25, 0.3) is 11.4 Å². The van der Waals surface area contributed by atoms with E-state index in [0.717, 1.165) is 43.9 Å². The molecule has 0 aliphatic heterocycles. The molecule has 2 aromatic rings. The molecule has 0 radical (unpaired) electrons. The smallest absolute Gasteiger partial charge is 0.339 e. The summed E-state index contributed by atoms with van der Waals surface area (Å²) in [6.07, 6.45) is 4.14. The molecule has 6 rings (SSSR count). The monoisotopic (exact) mass is 420 g/mol. The number of fused-ring (bicyclic) bond motifs is 12. The highest BCUT2D eigenvalue weighted by molar-refractivity contribution is 5.91. The van der Waals surface area contributed by atoms with Gasteiger partial charge >= 0.3 is 5.97 Å².